The lowest BCUT2D eigenvalue weighted by molar-refractivity contribution is -0.175. The van der Waals surface area contributed by atoms with Gasteiger partial charge in [-0.15, -0.1) is 0 Å². The van der Waals surface area contributed by atoms with Crippen LogP contribution in [0.5, 0.6) is 0 Å². The van der Waals surface area contributed by atoms with Crippen molar-refractivity contribution in [3.8, 4) is 6.07 Å². The van der Waals surface area contributed by atoms with Crippen LogP contribution in [0.2, 0.25) is 0 Å². The van der Waals surface area contributed by atoms with Gasteiger partial charge in [0.1, 0.15) is 24.4 Å². The average Bonchev–Trinajstić information content (AvgIpc) is 3.13. The summed E-state index contributed by atoms with van der Waals surface area (Å²) in [6.45, 7) is 4.76. The van der Waals surface area contributed by atoms with E-state index >= 15 is 0 Å². The third-order valence-electron chi connectivity index (χ3n) is 8.74. The van der Waals surface area contributed by atoms with E-state index in [0.29, 0.717) is 13.0 Å². The average molecular weight is 514 g/mol. The number of nitrogens with zero attached hydrogens (tertiary/aromatic N) is 2. The number of aliphatic hydroxyl groups excluding tert-OH is 1. The molecule has 2 aliphatic carbocycles. The fourth-order valence-corrected chi connectivity index (χ4v) is 6.23. The van der Waals surface area contributed by atoms with Crippen LogP contribution in [0.1, 0.15) is 52.4 Å². The van der Waals surface area contributed by atoms with E-state index in [1.807, 2.05) is 25.2 Å². The minimum Gasteiger partial charge on any atom is -0.378 e. The topological polar surface area (TPSA) is 135 Å². The first-order valence-corrected chi connectivity index (χ1v) is 12.6. The van der Waals surface area contributed by atoms with E-state index in [9.17, 15) is 37.9 Å². The molecule has 4 aliphatic rings. The number of piperidine rings is 1. The van der Waals surface area contributed by atoms with Crippen molar-refractivity contribution in [1.82, 2.24) is 20.9 Å². The maximum atomic E-state index is 13.5. The second-order valence-electron chi connectivity index (χ2n) is 11.3. The molecule has 4 fully saturated rings. The van der Waals surface area contributed by atoms with Crippen LogP contribution < -0.4 is 16.0 Å². The van der Waals surface area contributed by atoms with Crippen LogP contribution in [0.15, 0.2) is 0 Å². The van der Waals surface area contributed by atoms with Gasteiger partial charge < -0.3 is 20.6 Å². The van der Waals surface area contributed by atoms with E-state index in [2.05, 4.69) is 10.6 Å². The van der Waals surface area contributed by atoms with Gasteiger partial charge in [-0.05, 0) is 49.0 Å². The number of fused-ring (bicyclic) bond motifs is 1. The maximum Gasteiger partial charge on any atom is 0.471 e. The summed E-state index contributed by atoms with van der Waals surface area (Å²) in [6.07, 6.45) is -2.42. The predicted octanol–water partition coefficient (Wildman–Crippen LogP) is 1.03. The van der Waals surface area contributed by atoms with Gasteiger partial charge in [0.15, 0.2) is 0 Å². The highest BCUT2D eigenvalue weighted by atomic mass is 19.4. The number of amides is 3. The standard InChI is InChI=1S/C24H34F3N5O4/c1-23(2)15-11-32(21(35)16(8-12-4-3-5-12)31-22(36)24(25,26)27)18(17(15)23)20(34)30-14(10-28)9-13-6-7-29-19(13)33/h12-19,29,33H,3-9,11H2,1-2H3,(H,30,34)(H,31,36)/t13-,14-,15-,16+,17-,18-,19?/m0/s1. The Morgan fingerprint density at radius 1 is 1.19 bits per heavy atom. The molecule has 2 saturated heterocycles. The van der Waals surface area contributed by atoms with E-state index in [0.717, 1.165) is 19.3 Å². The Kier molecular flexibility index (Phi) is 7.27. The summed E-state index contributed by atoms with van der Waals surface area (Å²) >= 11 is 0. The molecule has 7 atom stereocenters. The van der Waals surface area contributed by atoms with Crippen LogP contribution in [0, 0.1) is 40.4 Å². The normalized spacial score (nSPS) is 32.6. The molecule has 12 heteroatoms. The third-order valence-corrected chi connectivity index (χ3v) is 8.74. The van der Waals surface area contributed by atoms with Crippen LogP contribution in [-0.2, 0) is 14.4 Å². The highest BCUT2D eigenvalue weighted by Crippen LogP contribution is 2.65. The molecule has 9 nitrogen and oxygen atoms in total. The van der Waals surface area contributed by atoms with E-state index < -0.39 is 48.3 Å². The van der Waals surface area contributed by atoms with Gasteiger partial charge in [-0.25, -0.2) is 0 Å². The number of carbonyl (C=O) groups is 3. The number of hydrogen-bond donors (Lipinski definition) is 4. The van der Waals surface area contributed by atoms with Gasteiger partial charge >= 0.3 is 12.1 Å². The molecular formula is C24H34F3N5O4. The number of likely N-dealkylation sites (tertiary alicyclic amines) is 1. The molecule has 0 bridgehead atoms. The minimum absolute atomic E-state index is 0.00117. The first kappa shape index (κ1) is 26.7. The van der Waals surface area contributed by atoms with Crippen molar-refractivity contribution in [2.24, 2.45) is 29.1 Å². The molecule has 2 saturated carbocycles. The molecule has 0 radical (unpaired) electrons. The van der Waals surface area contributed by atoms with Crippen molar-refractivity contribution < 1.29 is 32.7 Å². The number of alkyl halides is 3. The molecule has 36 heavy (non-hydrogen) atoms. The number of rotatable bonds is 8. The van der Waals surface area contributed by atoms with Crippen LogP contribution in [-0.4, -0.2) is 71.3 Å². The largest absolute Gasteiger partial charge is 0.471 e. The van der Waals surface area contributed by atoms with Gasteiger partial charge in [0.25, 0.3) is 0 Å². The summed E-state index contributed by atoms with van der Waals surface area (Å²) in [5, 5.41) is 27.1. The predicted molar refractivity (Wildman–Crippen MR) is 120 cm³/mol. The zero-order valence-electron chi connectivity index (χ0n) is 20.5. The first-order chi connectivity index (χ1) is 16.8. The van der Waals surface area contributed by atoms with Crippen LogP contribution >= 0.6 is 0 Å². The SMILES string of the molecule is CC1(C)[C@@H]2[C@@H](C(=O)N[C@H](C#N)C[C@@H]3CCNC3O)N(C(=O)[C@@H](CC3CCC3)NC(=O)C(F)(F)F)C[C@@H]21. The van der Waals surface area contributed by atoms with E-state index in [1.165, 1.54) is 4.90 Å². The van der Waals surface area contributed by atoms with Crippen molar-refractivity contribution >= 4 is 17.7 Å². The van der Waals surface area contributed by atoms with E-state index in [-0.39, 0.29) is 48.5 Å². The summed E-state index contributed by atoms with van der Waals surface area (Å²) in [7, 11) is 0. The van der Waals surface area contributed by atoms with Crippen LogP contribution in [0.25, 0.3) is 0 Å². The zero-order chi connectivity index (χ0) is 26.4. The summed E-state index contributed by atoms with van der Waals surface area (Å²) in [6, 6.07) is -1.14. The Morgan fingerprint density at radius 3 is 2.42 bits per heavy atom. The highest BCUT2D eigenvalue weighted by Gasteiger charge is 2.69. The van der Waals surface area contributed by atoms with Gasteiger partial charge in [0, 0.05) is 12.5 Å². The van der Waals surface area contributed by atoms with Gasteiger partial charge in [-0.1, -0.05) is 33.1 Å². The van der Waals surface area contributed by atoms with Crippen LogP contribution in [0.4, 0.5) is 13.2 Å². The van der Waals surface area contributed by atoms with Gasteiger partial charge in [-0.2, -0.15) is 18.4 Å². The minimum atomic E-state index is -5.12. The monoisotopic (exact) mass is 513 g/mol. The Balaban J connectivity index is 1.49. The molecule has 2 aliphatic heterocycles. The quantitative estimate of drug-likeness (QED) is 0.383. The summed E-state index contributed by atoms with van der Waals surface area (Å²) in [5.74, 6) is -3.74. The molecule has 0 spiro atoms. The van der Waals surface area contributed by atoms with Crippen molar-refractivity contribution in [1.29, 1.82) is 5.26 Å². The molecular weight excluding hydrogens is 479 g/mol. The number of aliphatic hydroxyl groups is 1. The summed E-state index contributed by atoms with van der Waals surface area (Å²) < 4.78 is 38.9. The lowest BCUT2D eigenvalue weighted by Crippen LogP contribution is -2.58. The summed E-state index contributed by atoms with van der Waals surface area (Å²) in [4.78, 5) is 39.9. The lowest BCUT2D eigenvalue weighted by Gasteiger charge is -2.36. The molecule has 3 amide bonds. The first-order valence-electron chi connectivity index (χ1n) is 12.6. The molecule has 0 aromatic rings. The van der Waals surface area contributed by atoms with Gasteiger partial charge in [-0.3, -0.25) is 19.7 Å². The fraction of sp³-hybridized carbons (Fsp3) is 0.833. The Hall–Kier alpha value is -2.39. The molecule has 0 aromatic heterocycles. The zero-order valence-corrected chi connectivity index (χ0v) is 20.5. The maximum absolute atomic E-state index is 13.5. The Labute approximate surface area is 208 Å². The number of nitrogens with one attached hydrogen (secondary N) is 3. The third kappa shape index (κ3) is 5.18. The molecule has 200 valence electrons. The second kappa shape index (κ2) is 9.82. The Morgan fingerprint density at radius 2 is 1.89 bits per heavy atom. The van der Waals surface area contributed by atoms with Crippen LogP contribution in [0.3, 0.4) is 0 Å². The van der Waals surface area contributed by atoms with E-state index in [4.69, 9.17) is 0 Å². The highest BCUT2D eigenvalue weighted by molar-refractivity contribution is 5.94. The Bertz CT molecular complexity index is 932. The second-order valence-corrected chi connectivity index (χ2v) is 11.3. The molecule has 4 rings (SSSR count). The molecule has 0 aromatic carbocycles. The van der Waals surface area contributed by atoms with Gasteiger partial charge in [0.2, 0.25) is 11.8 Å². The smallest absolute Gasteiger partial charge is 0.378 e. The summed E-state index contributed by atoms with van der Waals surface area (Å²) in [5.41, 5.74) is -0.231. The lowest BCUT2D eigenvalue weighted by atomic mass is 9.80. The molecule has 1 unspecified atom stereocenters. The number of hydrogen-bond acceptors (Lipinski definition) is 6. The number of halogens is 3. The van der Waals surface area contributed by atoms with Crippen molar-refractivity contribution in [2.45, 2.75) is 82.9 Å². The van der Waals surface area contributed by atoms with E-state index in [1.54, 1.807) is 0 Å². The van der Waals surface area contributed by atoms with Crippen molar-refractivity contribution in [3.05, 3.63) is 0 Å². The molecule has 4 N–H and O–H groups in total. The van der Waals surface area contributed by atoms with Crippen molar-refractivity contribution in [2.75, 3.05) is 13.1 Å². The van der Waals surface area contributed by atoms with Crippen molar-refractivity contribution in [3.63, 3.8) is 0 Å². The number of carbonyl (C=O) groups excluding carboxylic acids is 3. The number of nitriles is 1. The fourth-order valence-electron chi connectivity index (χ4n) is 6.23. The van der Waals surface area contributed by atoms with Gasteiger partial charge in [0.05, 0.1) is 6.07 Å². The molecule has 2 heterocycles.